The first-order chi connectivity index (χ1) is 13.1. The lowest BCUT2D eigenvalue weighted by Crippen LogP contribution is -2.29. The van der Waals surface area contributed by atoms with Gasteiger partial charge in [-0.3, -0.25) is 4.79 Å². The average Bonchev–Trinajstić information content (AvgIpc) is 3.17. The molecular weight excluding hydrogens is 400 g/mol. The average molecular weight is 416 g/mol. The first kappa shape index (κ1) is 20.3. The maximum atomic E-state index is 14.1. The molecule has 1 aliphatic heterocycles. The second kappa shape index (κ2) is 7.51. The number of amides is 1. The Morgan fingerprint density at radius 3 is 2.32 bits per heavy atom. The molecule has 1 aliphatic rings. The van der Waals surface area contributed by atoms with Crippen molar-refractivity contribution in [3.63, 3.8) is 0 Å². The minimum atomic E-state index is -4.68. The number of nitrogens with one attached hydrogen (secondary N) is 1. The molecule has 0 bridgehead atoms. The zero-order valence-electron chi connectivity index (χ0n) is 14.5. The van der Waals surface area contributed by atoms with Crippen LogP contribution < -0.4 is 5.32 Å². The zero-order valence-corrected chi connectivity index (χ0v) is 15.3. The third-order valence-corrected chi connectivity index (χ3v) is 6.27. The van der Waals surface area contributed by atoms with Crippen LogP contribution in [0.1, 0.15) is 28.8 Å². The summed E-state index contributed by atoms with van der Waals surface area (Å²) in [5.74, 6) is -2.01. The first-order valence-electron chi connectivity index (χ1n) is 8.38. The number of carbonyl (C=O) groups excluding carboxylic acids is 1. The van der Waals surface area contributed by atoms with E-state index in [1.54, 1.807) is 0 Å². The molecule has 1 heterocycles. The van der Waals surface area contributed by atoms with Crippen LogP contribution in [0.2, 0.25) is 0 Å². The van der Waals surface area contributed by atoms with Gasteiger partial charge in [0, 0.05) is 18.7 Å². The summed E-state index contributed by atoms with van der Waals surface area (Å²) >= 11 is 0. The second-order valence-electron chi connectivity index (χ2n) is 6.25. The van der Waals surface area contributed by atoms with Gasteiger partial charge < -0.3 is 5.32 Å². The highest BCUT2D eigenvalue weighted by Gasteiger charge is 2.34. The van der Waals surface area contributed by atoms with Gasteiger partial charge in [-0.2, -0.15) is 17.5 Å². The molecule has 0 spiro atoms. The van der Waals surface area contributed by atoms with Gasteiger partial charge >= 0.3 is 6.18 Å². The van der Waals surface area contributed by atoms with Gasteiger partial charge in [0.25, 0.3) is 5.91 Å². The van der Waals surface area contributed by atoms with Crippen LogP contribution in [0, 0.1) is 5.82 Å². The van der Waals surface area contributed by atoms with Crippen molar-refractivity contribution in [3.05, 3.63) is 59.4 Å². The van der Waals surface area contributed by atoms with E-state index >= 15 is 0 Å². The minimum Gasteiger partial charge on any atom is -0.321 e. The molecule has 2 aromatic rings. The third-order valence-electron chi connectivity index (χ3n) is 4.36. The molecule has 1 amide bonds. The van der Waals surface area contributed by atoms with E-state index in [4.69, 9.17) is 0 Å². The molecule has 1 fully saturated rings. The van der Waals surface area contributed by atoms with Crippen molar-refractivity contribution in [2.75, 3.05) is 18.4 Å². The molecule has 0 unspecified atom stereocenters. The highest BCUT2D eigenvalue weighted by molar-refractivity contribution is 7.89. The summed E-state index contributed by atoms with van der Waals surface area (Å²) in [7, 11) is -4.13. The van der Waals surface area contributed by atoms with Crippen molar-refractivity contribution in [2.24, 2.45) is 0 Å². The van der Waals surface area contributed by atoms with E-state index in [9.17, 15) is 30.8 Å². The molecule has 2 aromatic carbocycles. The molecule has 1 saturated heterocycles. The molecule has 150 valence electrons. The lowest BCUT2D eigenvalue weighted by molar-refractivity contribution is -0.136. The predicted molar refractivity (Wildman–Crippen MR) is 93.8 cm³/mol. The number of hydrogen-bond donors (Lipinski definition) is 1. The zero-order chi connectivity index (χ0) is 20.5. The van der Waals surface area contributed by atoms with Gasteiger partial charge in [0.05, 0.1) is 11.3 Å². The van der Waals surface area contributed by atoms with Crippen LogP contribution in [0.4, 0.5) is 23.2 Å². The van der Waals surface area contributed by atoms with Crippen LogP contribution in [-0.4, -0.2) is 31.7 Å². The topological polar surface area (TPSA) is 66.5 Å². The Labute approximate surface area is 159 Å². The second-order valence-corrected chi connectivity index (χ2v) is 8.16. The Kier molecular flexibility index (Phi) is 5.44. The molecule has 28 heavy (non-hydrogen) atoms. The molecule has 0 saturated carbocycles. The highest BCUT2D eigenvalue weighted by Crippen LogP contribution is 2.35. The van der Waals surface area contributed by atoms with E-state index in [0.717, 1.165) is 34.6 Å². The lowest BCUT2D eigenvalue weighted by Gasteiger charge is -2.17. The quantitative estimate of drug-likeness (QED) is 0.770. The minimum absolute atomic E-state index is 0.247. The number of hydrogen-bond acceptors (Lipinski definition) is 3. The molecule has 0 radical (unpaired) electrons. The number of sulfonamides is 1. The third kappa shape index (κ3) is 4.02. The molecular formula is C18H16F4N2O3S. The smallest absolute Gasteiger partial charge is 0.321 e. The molecule has 3 rings (SSSR count). The van der Waals surface area contributed by atoms with E-state index in [-0.39, 0.29) is 18.7 Å². The SMILES string of the molecule is O=C(Nc1ccccc1C(F)(F)F)c1ccc(F)c(S(=O)(=O)N2CCCC2)c1. The van der Waals surface area contributed by atoms with Crippen molar-refractivity contribution in [1.82, 2.24) is 4.31 Å². The van der Waals surface area contributed by atoms with Gasteiger partial charge in [-0.05, 0) is 43.2 Å². The molecule has 0 aliphatic carbocycles. The van der Waals surface area contributed by atoms with Crippen LogP contribution >= 0.6 is 0 Å². The van der Waals surface area contributed by atoms with E-state index in [1.165, 1.54) is 12.1 Å². The van der Waals surface area contributed by atoms with Crippen molar-refractivity contribution < 1.29 is 30.8 Å². The van der Waals surface area contributed by atoms with Gasteiger partial charge in [-0.25, -0.2) is 12.8 Å². The Morgan fingerprint density at radius 1 is 1.04 bits per heavy atom. The number of anilines is 1. The van der Waals surface area contributed by atoms with Gasteiger partial charge in [-0.1, -0.05) is 12.1 Å². The summed E-state index contributed by atoms with van der Waals surface area (Å²) in [6.07, 6.45) is -3.39. The van der Waals surface area contributed by atoms with E-state index in [2.05, 4.69) is 5.32 Å². The van der Waals surface area contributed by atoms with Gasteiger partial charge in [0.2, 0.25) is 10.0 Å². The molecule has 10 heteroatoms. The Bertz CT molecular complexity index is 1000. The number of halogens is 4. The van der Waals surface area contributed by atoms with Gasteiger partial charge in [-0.15, -0.1) is 0 Å². The molecule has 1 N–H and O–H groups in total. The van der Waals surface area contributed by atoms with Crippen LogP contribution in [0.5, 0.6) is 0 Å². The van der Waals surface area contributed by atoms with Crippen LogP contribution in [0.25, 0.3) is 0 Å². The van der Waals surface area contributed by atoms with Crippen molar-refractivity contribution in [2.45, 2.75) is 23.9 Å². The van der Waals surface area contributed by atoms with Crippen LogP contribution in [-0.2, 0) is 16.2 Å². The summed E-state index contributed by atoms with van der Waals surface area (Å²) in [4.78, 5) is 11.7. The summed E-state index contributed by atoms with van der Waals surface area (Å²) in [6, 6.07) is 7.05. The van der Waals surface area contributed by atoms with Crippen molar-refractivity contribution in [1.29, 1.82) is 0 Å². The Hall–Kier alpha value is -2.46. The fourth-order valence-electron chi connectivity index (χ4n) is 2.94. The number of nitrogens with zero attached hydrogens (tertiary/aromatic N) is 1. The number of rotatable bonds is 4. The Morgan fingerprint density at radius 2 is 1.68 bits per heavy atom. The standard InChI is InChI=1S/C18H16F4N2O3S/c19-14-8-7-12(11-16(14)28(26,27)24-9-3-4-10-24)17(25)23-15-6-2-1-5-13(15)18(20,21)22/h1-2,5-8,11H,3-4,9-10H2,(H,23,25). The highest BCUT2D eigenvalue weighted by atomic mass is 32.2. The Balaban J connectivity index is 1.92. The van der Waals surface area contributed by atoms with Crippen molar-refractivity contribution >= 4 is 21.6 Å². The molecule has 5 nitrogen and oxygen atoms in total. The monoisotopic (exact) mass is 416 g/mol. The fourth-order valence-corrected chi connectivity index (χ4v) is 4.55. The maximum absolute atomic E-state index is 14.1. The summed E-state index contributed by atoms with van der Waals surface area (Å²) < 4.78 is 79.6. The van der Waals surface area contributed by atoms with E-state index in [0.29, 0.717) is 12.8 Å². The van der Waals surface area contributed by atoms with Crippen LogP contribution in [0.15, 0.2) is 47.4 Å². The summed E-state index contributed by atoms with van der Waals surface area (Å²) in [5.41, 5.74) is -1.79. The number of carbonyl (C=O) groups is 1. The van der Waals surface area contributed by atoms with Crippen LogP contribution in [0.3, 0.4) is 0 Å². The maximum Gasteiger partial charge on any atom is 0.418 e. The largest absolute Gasteiger partial charge is 0.418 e. The summed E-state index contributed by atoms with van der Waals surface area (Å²) in [6.45, 7) is 0.494. The van der Waals surface area contributed by atoms with Gasteiger partial charge in [0.15, 0.2) is 0 Å². The van der Waals surface area contributed by atoms with E-state index < -0.39 is 44.1 Å². The number of para-hydroxylation sites is 1. The van der Waals surface area contributed by atoms with Crippen molar-refractivity contribution in [3.8, 4) is 0 Å². The lowest BCUT2D eigenvalue weighted by atomic mass is 10.1. The van der Waals surface area contributed by atoms with Gasteiger partial charge in [0.1, 0.15) is 10.7 Å². The number of benzene rings is 2. The molecule has 0 aromatic heterocycles. The molecule has 0 atom stereocenters. The first-order valence-corrected chi connectivity index (χ1v) is 9.82. The van der Waals surface area contributed by atoms with E-state index in [1.807, 2.05) is 0 Å². The fraction of sp³-hybridized carbons (Fsp3) is 0.278. The summed E-state index contributed by atoms with van der Waals surface area (Å²) in [5, 5.41) is 2.11. The normalized spacial score (nSPS) is 15.6. The predicted octanol–water partition coefficient (Wildman–Crippen LogP) is 3.88. The number of alkyl halides is 3.